The molecule has 8 nitrogen and oxygen atoms in total. The summed E-state index contributed by atoms with van der Waals surface area (Å²) in [6, 6.07) is 13.0. The maximum absolute atomic E-state index is 12.1. The van der Waals surface area contributed by atoms with Crippen LogP contribution in [-0.2, 0) is 14.3 Å². The van der Waals surface area contributed by atoms with Crippen molar-refractivity contribution in [3.8, 4) is 0 Å². The third-order valence-electron chi connectivity index (χ3n) is 4.49. The molecule has 154 valence electrons. The Balaban J connectivity index is 1.51. The molecule has 0 saturated heterocycles. The Morgan fingerprint density at radius 3 is 2.57 bits per heavy atom. The molecule has 1 aromatic heterocycles. The highest BCUT2D eigenvalue weighted by molar-refractivity contribution is 5.96. The quantitative estimate of drug-likeness (QED) is 0.605. The number of ether oxygens (including phenoxy) is 1. The van der Waals surface area contributed by atoms with Crippen LogP contribution in [0, 0.1) is 13.8 Å². The maximum atomic E-state index is 12.1. The molecule has 0 aliphatic rings. The van der Waals surface area contributed by atoms with Crippen molar-refractivity contribution in [3.63, 3.8) is 0 Å². The summed E-state index contributed by atoms with van der Waals surface area (Å²) in [5, 5.41) is 5.41. The lowest BCUT2D eigenvalue weighted by atomic mass is 10.1. The first-order chi connectivity index (χ1) is 14.3. The Morgan fingerprint density at radius 1 is 1.00 bits per heavy atom. The van der Waals surface area contributed by atoms with Crippen molar-refractivity contribution in [2.45, 2.75) is 13.8 Å². The number of carbonyl (C=O) groups is 3. The first-order valence-corrected chi connectivity index (χ1v) is 9.18. The Kier molecular flexibility index (Phi) is 6.26. The molecular weight excluding hydrogens is 388 g/mol. The fourth-order valence-corrected chi connectivity index (χ4v) is 2.72. The van der Waals surface area contributed by atoms with Crippen LogP contribution in [0.3, 0.4) is 0 Å². The van der Waals surface area contributed by atoms with Gasteiger partial charge < -0.3 is 19.8 Å². The molecule has 0 saturated carbocycles. The molecule has 0 spiro atoms. The lowest BCUT2D eigenvalue weighted by Crippen LogP contribution is -2.35. The number of nitrogens with one attached hydrogen (secondary N) is 2. The van der Waals surface area contributed by atoms with Gasteiger partial charge in [-0.3, -0.25) is 14.4 Å². The Labute approximate surface area is 171 Å². The highest BCUT2D eigenvalue weighted by Gasteiger charge is 2.16. The highest BCUT2D eigenvalue weighted by atomic mass is 16.5. The van der Waals surface area contributed by atoms with Crippen molar-refractivity contribution in [1.82, 2.24) is 5.32 Å². The molecule has 0 aliphatic heterocycles. The minimum atomic E-state index is -0.951. The lowest BCUT2D eigenvalue weighted by Gasteiger charge is -2.11. The number of anilines is 1. The number of amides is 2. The van der Waals surface area contributed by atoms with Gasteiger partial charge in [-0.15, -0.1) is 0 Å². The molecule has 2 amide bonds. The molecule has 0 fully saturated rings. The van der Waals surface area contributed by atoms with E-state index < -0.39 is 29.8 Å². The van der Waals surface area contributed by atoms with Crippen LogP contribution in [0.5, 0.6) is 0 Å². The molecule has 8 heteroatoms. The molecule has 0 unspecified atom stereocenters. The molecule has 0 bridgehead atoms. The lowest BCUT2D eigenvalue weighted by molar-refractivity contribution is -0.126. The van der Waals surface area contributed by atoms with E-state index in [-0.39, 0.29) is 17.9 Å². The monoisotopic (exact) mass is 408 g/mol. The van der Waals surface area contributed by atoms with Crippen molar-refractivity contribution in [2.24, 2.45) is 0 Å². The van der Waals surface area contributed by atoms with Crippen LogP contribution in [0.1, 0.15) is 21.7 Å². The van der Waals surface area contributed by atoms with E-state index in [0.717, 1.165) is 17.2 Å². The number of hydrogen-bond donors (Lipinski definition) is 2. The molecular formula is C22H20N2O6. The first-order valence-electron chi connectivity index (χ1n) is 9.18. The van der Waals surface area contributed by atoms with Gasteiger partial charge in [-0.05, 0) is 43.2 Å². The number of para-hydroxylation sites is 1. The molecule has 1 heterocycles. The van der Waals surface area contributed by atoms with Crippen molar-refractivity contribution >= 4 is 34.4 Å². The zero-order chi connectivity index (χ0) is 21.7. The van der Waals surface area contributed by atoms with Gasteiger partial charge in [-0.1, -0.05) is 24.3 Å². The number of carbonyl (C=O) groups excluding carboxylic acids is 3. The van der Waals surface area contributed by atoms with Crippen molar-refractivity contribution in [2.75, 3.05) is 18.5 Å². The average Bonchev–Trinajstić information content (AvgIpc) is 2.73. The summed E-state index contributed by atoms with van der Waals surface area (Å²) in [7, 11) is 0. The number of fused-ring (bicyclic) bond motifs is 1. The summed E-state index contributed by atoms with van der Waals surface area (Å²) >= 11 is 0. The topological polar surface area (TPSA) is 115 Å². The minimum Gasteiger partial charge on any atom is -0.450 e. The summed E-state index contributed by atoms with van der Waals surface area (Å²) in [6.45, 7) is 2.91. The van der Waals surface area contributed by atoms with E-state index in [1.54, 1.807) is 30.3 Å². The summed E-state index contributed by atoms with van der Waals surface area (Å²) in [5.41, 5.74) is 2.47. The molecule has 0 aliphatic carbocycles. The van der Waals surface area contributed by atoms with E-state index in [0.29, 0.717) is 11.1 Å². The molecule has 3 rings (SSSR count). The van der Waals surface area contributed by atoms with Gasteiger partial charge in [-0.2, -0.15) is 0 Å². The van der Waals surface area contributed by atoms with Gasteiger partial charge in [0.05, 0.1) is 11.9 Å². The van der Waals surface area contributed by atoms with E-state index in [2.05, 4.69) is 10.6 Å². The largest absolute Gasteiger partial charge is 0.450 e. The van der Waals surface area contributed by atoms with E-state index in [4.69, 9.17) is 9.15 Å². The highest BCUT2D eigenvalue weighted by Crippen LogP contribution is 2.17. The SMILES string of the molecule is Cc1cccc(NC(=O)CNC(=O)COC(=O)c2cc(=O)c3ccccc3o2)c1C. The molecule has 30 heavy (non-hydrogen) atoms. The van der Waals surface area contributed by atoms with Gasteiger partial charge in [0, 0.05) is 11.8 Å². The molecule has 0 atom stereocenters. The van der Waals surface area contributed by atoms with Gasteiger partial charge in [0.15, 0.2) is 12.0 Å². The zero-order valence-electron chi connectivity index (χ0n) is 16.5. The van der Waals surface area contributed by atoms with Crippen LogP contribution in [-0.4, -0.2) is 30.9 Å². The number of benzene rings is 2. The van der Waals surface area contributed by atoms with E-state index in [9.17, 15) is 19.2 Å². The smallest absolute Gasteiger partial charge is 0.374 e. The number of hydrogen-bond acceptors (Lipinski definition) is 6. The van der Waals surface area contributed by atoms with Gasteiger partial charge >= 0.3 is 5.97 Å². The second-order valence-electron chi connectivity index (χ2n) is 6.62. The van der Waals surface area contributed by atoms with Crippen LogP contribution in [0.25, 0.3) is 11.0 Å². The van der Waals surface area contributed by atoms with Gasteiger partial charge in [0.1, 0.15) is 5.58 Å². The standard InChI is InChI=1S/C22H20N2O6/c1-13-6-5-8-16(14(13)2)24-20(26)11-23-21(27)12-29-22(28)19-10-17(25)15-7-3-4-9-18(15)30-19/h3-10H,11-12H2,1-2H3,(H,23,27)(H,24,26). The van der Waals surface area contributed by atoms with E-state index in [1.165, 1.54) is 0 Å². The van der Waals surface area contributed by atoms with Gasteiger partial charge in [0.25, 0.3) is 5.91 Å². The first kappa shape index (κ1) is 20.8. The molecule has 0 radical (unpaired) electrons. The van der Waals surface area contributed by atoms with Crippen LogP contribution in [0.15, 0.2) is 57.7 Å². The average molecular weight is 408 g/mol. The number of esters is 1. The van der Waals surface area contributed by atoms with Crippen molar-refractivity contribution in [3.05, 3.63) is 75.6 Å². The summed E-state index contributed by atoms with van der Waals surface area (Å²) in [4.78, 5) is 48.0. The maximum Gasteiger partial charge on any atom is 0.374 e. The predicted molar refractivity (Wildman–Crippen MR) is 110 cm³/mol. The van der Waals surface area contributed by atoms with Crippen LogP contribution < -0.4 is 16.1 Å². The summed E-state index contributed by atoms with van der Waals surface area (Å²) < 4.78 is 10.2. The normalized spacial score (nSPS) is 10.5. The zero-order valence-corrected chi connectivity index (χ0v) is 16.5. The van der Waals surface area contributed by atoms with E-state index in [1.807, 2.05) is 26.0 Å². The van der Waals surface area contributed by atoms with Gasteiger partial charge in [0.2, 0.25) is 11.7 Å². The van der Waals surface area contributed by atoms with Crippen LogP contribution in [0.2, 0.25) is 0 Å². The minimum absolute atomic E-state index is 0.240. The Morgan fingerprint density at radius 2 is 1.77 bits per heavy atom. The van der Waals surface area contributed by atoms with Crippen LogP contribution in [0.4, 0.5) is 5.69 Å². The summed E-state index contributed by atoms with van der Waals surface area (Å²) in [5.74, 6) is -2.33. The number of aryl methyl sites for hydroxylation is 1. The van der Waals surface area contributed by atoms with Crippen molar-refractivity contribution < 1.29 is 23.5 Å². The van der Waals surface area contributed by atoms with Crippen molar-refractivity contribution in [1.29, 1.82) is 0 Å². The third kappa shape index (κ3) is 4.91. The third-order valence-corrected chi connectivity index (χ3v) is 4.49. The second-order valence-corrected chi connectivity index (χ2v) is 6.62. The molecule has 3 aromatic rings. The Bertz CT molecular complexity index is 1180. The second kappa shape index (κ2) is 9.04. The molecule has 2 aromatic carbocycles. The Hall–Kier alpha value is -3.94. The van der Waals surface area contributed by atoms with Gasteiger partial charge in [-0.25, -0.2) is 4.79 Å². The fourth-order valence-electron chi connectivity index (χ4n) is 2.72. The molecule has 2 N–H and O–H groups in total. The number of rotatable bonds is 6. The summed E-state index contributed by atoms with van der Waals surface area (Å²) in [6.07, 6.45) is 0. The fraction of sp³-hybridized carbons (Fsp3) is 0.182. The van der Waals surface area contributed by atoms with Crippen LogP contribution >= 0.6 is 0 Å². The van der Waals surface area contributed by atoms with E-state index >= 15 is 0 Å². The predicted octanol–water partition coefficient (Wildman–Crippen LogP) is 2.32.